The largest absolute Gasteiger partial charge is 0.256 e. The Bertz CT molecular complexity index is 538. The maximum Gasteiger partial charge on any atom is 0.135 e. The Morgan fingerprint density at radius 3 is 2.67 bits per heavy atom. The number of pyridine rings is 1. The molecule has 0 aliphatic heterocycles. The average molecular weight is 247 g/mol. The maximum atomic E-state index is 13.6. The van der Waals surface area contributed by atoms with Gasteiger partial charge in [-0.2, -0.15) is 0 Å². The lowest BCUT2D eigenvalue weighted by atomic mass is 10.1. The minimum Gasteiger partial charge on any atom is -0.256 e. The normalized spacial score (nSPS) is 10.6. The number of hydrogen-bond acceptors (Lipinski definition) is 1. The second-order valence-corrected chi connectivity index (χ2v) is 4.28. The SMILES string of the molecule is CCCCc1ccnc(-c2ccc(F)cc2F)c1. The van der Waals surface area contributed by atoms with Gasteiger partial charge in [0.05, 0.1) is 5.69 Å². The van der Waals surface area contributed by atoms with Crippen LogP contribution in [0.5, 0.6) is 0 Å². The molecule has 0 N–H and O–H groups in total. The molecule has 0 atom stereocenters. The first-order valence-corrected chi connectivity index (χ1v) is 6.11. The Hall–Kier alpha value is -1.77. The Balaban J connectivity index is 2.32. The predicted octanol–water partition coefficient (Wildman–Crippen LogP) is 4.37. The van der Waals surface area contributed by atoms with Gasteiger partial charge in [-0.05, 0) is 42.7 Å². The van der Waals surface area contributed by atoms with Crippen LogP contribution in [0, 0.1) is 11.6 Å². The Labute approximate surface area is 105 Å². The van der Waals surface area contributed by atoms with Crippen molar-refractivity contribution < 1.29 is 8.78 Å². The molecule has 1 aromatic heterocycles. The Kier molecular flexibility index (Phi) is 4.03. The fourth-order valence-electron chi connectivity index (χ4n) is 1.86. The number of aryl methyl sites for hydroxylation is 1. The number of nitrogens with zero attached hydrogens (tertiary/aromatic N) is 1. The van der Waals surface area contributed by atoms with E-state index in [1.807, 2.05) is 12.1 Å². The van der Waals surface area contributed by atoms with Crippen LogP contribution in [0.4, 0.5) is 8.78 Å². The van der Waals surface area contributed by atoms with Gasteiger partial charge in [0.2, 0.25) is 0 Å². The fourth-order valence-corrected chi connectivity index (χ4v) is 1.86. The number of halogens is 2. The summed E-state index contributed by atoms with van der Waals surface area (Å²) >= 11 is 0. The molecule has 0 aliphatic carbocycles. The highest BCUT2D eigenvalue weighted by Crippen LogP contribution is 2.22. The molecule has 0 bridgehead atoms. The third kappa shape index (κ3) is 2.92. The van der Waals surface area contributed by atoms with E-state index in [0.717, 1.165) is 30.9 Å². The first kappa shape index (κ1) is 12.7. The molecule has 1 aromatic carbocycles. The van der Waals surface area contributed by atoms with E-state index in [0.29, 0.717) is 11.3 Å². The molecule has 2 rings (SSSR count). The van der Waals surface area contributed by atoms with Crippen molar-refractivity contribution in [2.75, 3.05) is 0 Å². The fraction of sp³-hybridized carbons (Fsp3) is 0.267. The second kappa shape index (κ2) is 5.71. The van der Waals surface area contributed by atoms with E-state index in [2.05, 4.69) is 11.9 Å². The van der Waals surface area contributed by atoms with Crippen LogP contribution < -0.4 is 0 Å². The highest BCUT2D eigenvalue weighted by atomic mass is 19.1. The van der Waals surface area contributed by atoms with Crippen LogP contribution in [0.15, 0.2) is 36.5 Å². The summed E-state index contributed by atoms with van der Waals surface area (Å²) in [6.45, 7) is 2.13. The zero-order chi connectivity index (χ0) is 13.0. The van der Waals surface area contributed by atoms with Crippen LogP contribution in [-0.4, -0.2) is 4.98 Å². The number of aromatic nitrogens is 1. The lowest BCUT2D eigenvalue weighted by Gasteiger charge is -2.05. The van der Waals surface area contributed by atoms with E-state index in [1.165, 1.54) is 12.1 Å². The van der Waals surface area contributed by atoms with Gasteiger partial charge in [0.25, 0.3) is 0 Å². The van der Waals surface area contributed by atoms with E-state index < -0.39 is 11.6 Å². The van der Waals surface area contributed by atoms with Gasteiger partial charge in [-0.15, -0.1) is 0 Å². The molecule has 0 amide bonds. The van der Waals surface area contributed by atoms with Gasteiger partial charge in [0, 0.05) is 17.8 Å². The number of hydrogen-bond donors (Lipinski definition) is 0. The van der Waals surface area contributed by atoms with Crippen LogP contribution >= 0.6 is 0 Å². The molecule has 94 valence electrons. The molecule has 1 heterocycles. The van der Waals surface area contributed by atoms with Crippen molar-refractivity contribution in [1.29, 1.82) is 0 Å². The molecule has 2 aromatic rings. The van der Waals surface area contributed by atoms with Crippen molar-refractivity contribution in [3.8, 4) is 11.3 Å². The molecule has 1 nitrogen and oxygen atoms in total. The summed E-state index contributed by atoms with van der Waals surface area (Å²) in [5, 5.41) is 0. The number of unbranched alkanes of at least 4 members (excludes halogenated alkanes) is 1. The van der Waals surface area contributed by atoms with E-state index in [-0.39, 0.29) is 0 Å². The van der Waals surface area contributed by atoms with Crippen molar-refractivity contribution >= 4 is 0 Å². The standard InChI is InChI=1S/C15H15F2N/c1-2-3-4-11-7-8-18-15(9-11)13-6-5-12(16)10-14(13)17/h5-10H,2-4H2,1H3. The monoisotopic (exact) mass is 247 g/mol. The molecular weight excluding hydrogens is 232 g/mol. The smallest absolute Gasteiger partial charge is 0.135 e. The lowest BCUT2D eigenvalue weighted by Crippen LogP contribution is -1.92. The predicted molar refractivity (Wildman–Crippen MR) is 68.2 cm³/mol. The average Bonchev–Trinajstić information content (AvgIpc) is 2.36. The van der Waals surface area contributed by atoms with Crippen LogP contribution in [0.2, 0.25) is 0 Å². The number of rotatable bonds is 4. The topological polar surface area (TPSA) is 12.9 Å². The molecule has 0 radical (unpaired) electrons. The van der Waals surface area contributed by atoms with E-state index in [4.69, 9.17) is 0 Å². The third-order valence-corrected chi connectivity index (χ3v) is 2.85. The van der Waals surface area contributed by atoms with Crippen LogP contribution in [0.25, 0.3) is 11.3 Å². The summed E-state index contributed by atoms with van der Waals surface area (Å²) in [5.41, 5.74) is 2.03. The molecule has 0 spiro atoms. The molecule has 18 heavy (non-hydrogen) atoms. The Morgan fingerprint density at radius 1 is 1.11 bits per heavy atom. The first-order valence-electron chi connectivity index (χ1n) is 6.11. The van der Waals surface area contributed by atoms with Crippen LogP contribution in [0.1, 0.15) is 25.3 Å². The van der Waals surface area contributed by atoms with Gasteiger partial charge in [-0.3, -0.25) is 4.98 Å². The van der Waals surface area contributed by atoms with E-state index in [1.54, 1.807) is 6.20 Å². The minimum absolute atomic E-state index is 0.342. The number of benzene rings is 1. The molecule has 0 fully saturated rings. The van der Waals surface area contributed by atoms with Crippen molar-refractivity contribution in [1.82, 2.24) is 4.98 Å². The zero-order valence-corrected chi connectivity index (χ0v) is 10.3. The molecule has 0 unspecified atom stereocenters. The minimum atomic E-state index is -0.574. The van der Waals surface area contributed by atoms with Gasteiger partial charge >= 0.3 is 0 Å². The summed E-state index contributed by atoms with van der Waals surface area (Å²) in [5.74, 6) is -1.14. The van der Waals surface area contributed by atoms with E-state index in [9.17, 15) is 8.78 Å². The lowest BCUT2D eigenvalue weighted by molar-refractivity contribution is 0.585. The summed E-state index contributed by atoms with van der Waals surface area (Å²) in [6, 6.07) is 7.36. The Morgan fingerprint density at radius 2 is 1.94 bits per heavy atom. The highest BCUT2D eigenvalue weighted by Gasteiger charge is 2.08. The third-order valence-electron chi connectivity index (χ3n) is 2.85. The summed E-state index contributed by atoms with van der Waals surface area (Å²) < 4.78 is 26.5. The van der Waals surface area contributed by atoms with Gasteiger partial charge < -0.3 is 0 Å². The molecule has 0 aliphatic rings. The zero-order valence-electron chi connectivity index (χ0n) is 10.3. The van der Waals surface area contributed by atoms with Gasteiger partial charge in [-0.1, -0.05) is 13.3 Å². The highest BCUT2D eigenvalue weighted by molar-refractivity contribution is 5.60. The van der Waals surface area contributed by atoms with Crippen molar-refractivity contribution in [2.45, 2.75) is 26.2 Å². The van der Waals surface area contributed by atoms with Gasteiger partial charge in [0.1, 0.15) is 11.6 Å². The maximum absolute atomic E-state index is 13.6. The first-order chi connectivity index (χ1) is 8.70. The molecular formula is C15H15F2N. The molecule has 0 saturated heterocycles. The van der Waals surface area contributed by atoms with Crippen molar-refractivity contribution in [2.24, 2.45) is 0 Å². The summed E-state index contributed by atoms with van der Waals surface area (Å²) in [6.07, 6.45) is 4.83. The van der Waals surface area contributed by atoms with Crippen LogP contribution in [0.3, 0.4) is 0 Å². The van der Waals surface area contributed by atoms with Gasteiger partial charge in [-0.25, -0.2) is 8.78 Å². The second-order valence-electron chi connectivity index (χ2n) is 4.28. The van der Waals surface area contributed by atoms with E-state index >= 15 is 0 Å². The quantitative estimate of drug-likeness (QED) is 0.781. The molecule has 0 saturated carbocycles. The molecule has 3 heteroatoms. The summed E-state index contributed by atoms with van der Waals surface area (Å²) in [4.78, 5) is 4.15. The van der Waals surface area contributed by atoms with Crippen molar-refractivity contribution in [3.05, 3.63) is 53.7 Å². The summed E-state index contributed by atoms with van der Waals surface area (Å²) in [7, 11) is 0. The van der Waals surface area contributed by atoms with Gasteiger partial charge in [0.15, 0.2) is 0 Å². The van der Waals surface area contributed by atoms with Crippen LogP contribution in [-0.2, 0) is 6.42 Å². The van der Waals surface area contributed by atoms with Crippen molar-refractivity contribution in [3.63, 3.8) is 0 Å².